The summed E-state index contributed by atoms with van der Waals surface area (Å²) >= 11 is 0. The molecule has 1 N–H and O–H groups in total. The quantitative estimate of drug-likeness (QED) is 0.774. The molecule has 0 bridgehead atoms. The van der Waals surface area contributed by atoms with Gasteiger partial charge in [-0.25, -0.2) is 4.39 Å². The highest BCUT2D eigenvalue weighted by atomic mass is 19.1. The van der Waals surface area contributed by atoms with Gasteiger partial charge in [-0.15, -0.1) is 0 Å². The molecule has 2 aromatic carbocycles. The standard InChI is InChI=1S/C25H31FN2O2/c1-19(20-8-10-23(11-9-20)28-14-3-2-4-15-28)27-24(29)25(12-16-30-17-13-25)21-6-5-7-22(26)18-21/h5-11,18-19H,2-4,12-17H2,1H3,(H,27,29)/t19-/m1/s1. The number of halogens is 1. The van der Waals surface area contributed by atoms with Gasteiger partial charge in [0.2, 0.25) is 5.91 Å². The van der Waals surface area contributed by atoms with Gasteiger partial charge in [0.25, 0.3) is 0 Å². The summed E-state index contributed by atoms with van der Waals surface area (Å²) in [7, 11) is 0. The van der Waals surface area contributed by atoms with Gasteiger partial charge in [0.05, 0.1) is 11.5 Å². The smallest absolute Gasteiger partial charge is 0.231 e. The second-order valence-corrected chi connectivity index (χ2v) is 8.54. The number of carbonyl (C=O) groups is 1. The molecule has 2 saturated heterocycles. The Morgan fingerprint density at radius 3 is 2.43 bits per heavy atom. The van der Waals surface area contributed by atoms with Crippen LogP contribution in [0.25, 0.3) is 0 Å². The minimum Gasteiger partial charge on any atom is -0.381 e. The van der Waals surface area contributed by atoms with Crippen LogP contribution in [0.15, 0.2) is 48.5 Å². The first-order valence-corrected chi connectivity index (χ1v) is 11.1. The van der Waals surface area contributed by atoms with E-state index < -0.39 is 5.41 Å². The van der Waals surface area contributed by atoms with E-state index in [-0.39, 0.29) is 17.8 Å². The minimum atomic E-state index is -0.748. The van der Waals surface area contributed by atoms with Crippen molar-refractivity contribution in [2.45, 2.75) is 50.5 Å². The normalized spacial score (nSPS) is 19.9. The van der Waals surface area contributed by atoms with Crippen LogP contribution in [0.3, 0.4) is 0 Å². The number of hydrogen-bond donors (Lipinski definition) is 1. The van der Waals surface area contributed by atoms with Crippen molar-refractivity contribution < 1.29 is 13.9 Å². The largest absolute Gasteiger partial charge is 0.381 e. The molecule has 2 aliphatic rings. The highest BCUT2D eigenvalue weighted by molar-refractivity contribution is 5.88. The Balaban J connectivity index is 1.49. The van der Waals surface area contributed by atoms with E-state index in [1.807, 2.05) is 13.0 Å². The zero-order chi connectivity index (χ0) is 21.0. The fraction of sp³-hybridized carbons (Fsp3) is 0.480. The van der Waals surface area contributed by atoms with E-state index in [4.69, 9.17) is 4.74 Å². The van der Waals surface area contributed by atoms with E-state index >= 15 is 0 Å². The van der Waals surface area contributed by atoms with Crippen LogP contribution >= 0.6 is 0 Å². The molecule has 2 fully saturated rings. The lowest BCUT2D eigenvalue weighted by Crippen LogP contribution is -2.48. The minimum absolute atomic E-state index is 0.0518. The Morgan fingerprint density at radius 2 is 1.77 bits per heavy atom. The second kappa shape index (κ2) is 9.17. The van der Waals surface area contributed by atoms with E-state index in [9.17, 15) is 9.18 Å². The summed E-state index contributed by atoms with van der Waals surface area (Å²) in [5, 5.41) is 3.19. The average Bonchev–Trinajstić information content (AvgIpc) is 2.80. The van der Waals surface area contributed by atoms with Crippen LogP contribution in [0.4, 0.5) is 10.1 Å². The van der Waals surface area contributed by atoms with Crippen LogP contribution in [0.2, 0.25) is 0 Å². The first-order valence-electron chi connectivity index (χ1n) is 11.1. The number of carbonyl (C=O) groups excluding carboxylic acids is 1. The lowest BCUT2D eigenvalue weighted by Gasteiger charge is -2.37. The Hall–Kier alpha value is -2.40. The van der Waals surface area contributed by atoms with Crippen LogP contribution < -0.4 is 10.2 Å². The number of anilines is 1. The third-order valence-electron chi connectivity index (χ3n) is 6.62. The molecule has 160 valence electrons. The molecule has 0 spiro atoms. The van der Waals surface area contributed by atoms with Gasteiger partial charge in [-0.2, -0.15) is 0 Å². The molecule has 4 nitrogen and oxygen atoms in total. The maximum absolute atomic E-state index is 13.9. The van der Waals surface area contributed by atoms with Crippen molar-refractivity contribution in [3.05, 3.63) is 65.5 Å². The van der Waals surface area contributed by atoms with Gasteiger partial charge in [-0.3, -0.25) is 4.79 Å². The van der Waals surface area contributed by atoms with Crippen molar-refractivity contribution in [3.63, 3.8) is 0 Å². The maximum Gasteiger partial charge on any atom is 0.231 e. The number of ether oxygens (including phenoxy) is 1. The molecule has 4 rings (SSSR count). The van der Waals surface area contributed by atoms with E-state index in [1.54, 1.807) is 6.07 Å². The van der Waals surface area contributed by atoms with Crippen LogP contribution in [0.5, 0.6) is 0 Å². The van der Waals surface area contributed by atoms with Crippen molar-refractivity contribution in [2.75, 3.05) is 31.2 Å². The molecular formula is C25H31FN2O2. The fourth-order valence-corrected chi connectivity index (χ4v) is 4.70. The van der Waals surface area contributed by atoms with Crippen molar-refractivity contribution in [3.8, 4) is 0 Å². The predicted molar refractivity (Wildman–Crippen MR) is 117 cm³/mol. The van der Waals surface area contributed by atoms with Gasteiger partial charge in [-0.1, -0.05) is 24.3 Å². The molecule has 1 atom stereocenters. The lowest BCUT2D eigenvalue weighted by molar-refractivity contribution is -0.131. The molecule has 0 radical (unpaired) electrons. The maximum atomic E-state index is 13.9. The average molecular weight is 411 g/mol. The van der Waals surface area contributed by atoms with E-state index in [1.165, 1.54) is 37.1 Å². The van der Waals surface area contributed by atoms with Crippen molar-refractivity contribution in [1.82, 2.24) is 5.32 Å². The Kier molecular flexibility index (Phi) is 6.38. The van der Waals surface area contributed by atoms with Crippen LogP contribution in [0, 0.1) is 5.82 Å². The number of nitrogens with zero attached hydrogens (tertiary/aromatic N) is 1. The summed E-state index contributed by atoms with van der Waals surface area (Å²) in [6, 6.07) is 14.8. The number of rotatable bonds is 5. The number of piperidine rings is 1. The molecule has 1 amide bonds. The molecule has 0 unspecified atom stereocenters. The van der Waals surface area contributed by atoms with Gasteiger partial charge in [0.15, 0.2) is 0 Å². The molecule has 0 saturated carbocycles. The molecule has 2 heterocycles. The predicted octanol–water partition coefficient (Wildman–Crippen LogP) is 4.74. The van der Waals surface area contributed by atoms with Crippen LogP contribution in [-0.4, -0.2) is 32.2 Å². The summed E-state index contributed by atoms with van der Waals surface area (Å²) in [6.07, 6.45) is 4.93. The van der Waals surface area contributed by atoms with Gasteiger partial charge in [-0.05, 0) is 74.4 Å². The van der Waals surface area contributed by atoms with Gasteiger partial charge in [0.1, 0.15) is 5.82 Å². The lowest BCUT2D eigenvalue weighted by atomic mass is 9.73. The molecule has 0 aromatic heterocycles. The fourth-order valence-electron chi connectivity index (χ4n) is 4.70. The molecule has 2 aromatic rings. The zero-order valence-corrected chi connectivity index (χ0v) is 17.7. The summed E-state index contributed by atoms with van der Waals surface area (Å²) in [5.74, 6) is -0.364. The highest BCUT2D eigenvalue weighted by Gasteiger charge is 2.42. The molecule has 0 aliphatic carbocycles. The zero-order valence-electron chi connectivity index (χ0n) is 17.7. The summed E-state index contributed by atoms with van der Waals surface area (Å²) < 4.78 is 19.4. The van der Waals surface area contributed by atoms with Gasteiger partial charge in [0, 0.05) is 32.0 Å². The number of nitrogens with one attached hydrogen (secondary N) is 1. The second-order valence-electron chi connectivity index (χ2n) is 8.54. The molecule has 2 aliphatic heterocycles. The SMILES string of the molecule is C[C@@H](NC(=O)C1(c2cccc(F)c2)CCOCC1)c1ccc(N2CCCCC2)cc1. The van der Waals surface area contributed by atoms with Crippen LogP contribution in [0.1, 0.15) is 56.2 Å². The van der Waals surface area contributed by atoms with Crippen molar-refractivity contribution in [2.24, 2.45) is 0 Å². The van der Waals surface area contributed by atoms with Crippen molar-refractivity contribution in [1.29, 1.82) is 0 Å². The third kappa shape index (κ3) is 4.36. The van der Waals surface area contributed by atoms with Gasteiger partial charge < -0.3 is 15.0 Å². The number of hydrogen-bond acceptors (Lipinski definition) is 3. The molecule has 5 heteroatoms. The Morgan fingerprint density at radius 1 is 1.07 bits per heavy atom. The monoisotopic (exact) mass is 410 g/mol. The first-order chi connectivity index (χ1) is 14.6. The summed E-state index contributed by atoms with van der Waals surface area (Å²) in [6.45, 7) is 5.24. The molecule has 30 heavy (non-hydrogen) atoms. The first kappa shape index (κ1) is 20.9. The summed E-state index contributed by atoms with van der Waals surface area (Å²) in [4.78, 5) is 15.9. The van der Waals surface area contributed by atoms with Crippen molar-refractivity contribution >= 4 is 11.6 Å². The summed E-state index contributed by atoms with van der Waals surface area (Å²) in [5.41, 5.74) is 2.31. The highest BCUT2D eigenvalue weighted by Crippen LogP contribution is 2.36. The topological polar surface area (TPSA) is 41.6 Å². The van der Waals surface area contributed by atoms with E-state index in [0.717, 1.165) is 24.2 Å². The van der Waals surface area contributed by atoms with E-state index in [0.29, 0.717) is 26.1 Å². The molecular weight excluding hydrogens is 379 g/mol. The van der Waals surface area contributed by atoms with Crippen LogP contribution in [-0.2, 0) is 14.9 Å². The third-order valence-corrected chi connectivity index (χ3v) is 6.62. The Labute approximate surface area is 178 Å². The number of benzene rings is 2. The van der Waals surface area contributed by atoms with E-state index in [2.05, 4.69) is 34.5 Å². The van der Waals surface area contributed by atoms with Gasteiger partial charge >= 0.3 is 0 Å². The Bertz CT molecular complexity index is 856. The number of amides is 1.